The maximum atomic E-state index is 4.40. The number of anilines is 1. The van der Waals surface area contributed by atoms with Gasteiger partial charge in [-0.15, -0.1) is 0 Å². The maximum absolute atomic E-state index is 4.40. The van der Waals surface area contributed by atoms with Gasteiger partial charge in [-0.3, -0.25) is 4.98 Å². The third-order valence-corrected chi connectivity index (χ3v) is 2.70. The Morgan fingerprint density at radius 1 is 1.50 bits per heavy atom. The van der Waals surface area contributed by atoms with Crippen LogP contribution in [0.25, 0.3) is 0 Å². The van der Waals surface area contributed by atoms with E-state index in [4.69, 9.17) is 0 Å². The van der Waals surface area contributed by atoms with Gasteiger partial charge in [0.25, 0.3) is 0 Å². The Hall–Kier alpha value is -1.35. The van der Waals surface area contributed by atoms with Crippen molar-refractivity contribution in [1.82, 2.24) is 10.3 Å². The van der Waals surface area contributed by atoms with E-state index >= 15 is 0 Å². The van der Waals surface area contributed by atoms with Gasteiger partial charge in [-0.1, -0.05) is 26.0 Å². The van der Waals surface area contributed by atoms with E-state index in [0.717, 1.165) is 25.3 Å². The Balaban J connectivity index is 2.75. The molecule has 1 aromatic heterocycles. The summed E-state index contributed by atoms with van der Waals surface area (Å²) in [5, 5.41) is 3.39. The predicted octanol–water partition coefficient (Wildman–Crippen LogP) is 2.98. The Morgan fingerprint density at radius 3 is 2.78 bits per heavy atom. The van der Waals surface area contributed by atoms with E-state index in [1.165, 1.54) is 11.3 Å². The fourth-order valence-corrected chi connectivity index (χ4v) is 1.78. The van der Waals surface area contributed by atoms with Crippen molar-refractivity contribution in [2.75, 3.05) is 18.0 Å². The minimum atomic E-state index is 0.480. The molecule has 0 bridgehead atoms. The summed E-state index contributed by atoms with van der Waals surface area (Å²) in [7, 11) is 0. The second-order valence-corrected chi connectivity index (χ2v) is 5.01. The number of hydrogen-bond acceptors (Lipinski definition) is 3. The zero-order valence-electron chi connectivity index (χ0n) is 12.0. The van der Waals surface area contributed by atoms with Crippen molar-refractivity contribution in [2.24, 2.45) is 0 Å². The maximum Gasteiger partial charge on any atom is 0.0562 e. The lowest BCUT2D eigenvalue weighted by Gasteiger charge is -2.23. The molecule has 0 aromatic carbocycles. The molecule has 0 saturated heterocycles. The average molecular weight is 247 g/mol. The number of hydrogen-bond donors (Lipinski definition) is 1. The van der Waals surface area contributed by atoms with E-state index in [2.05, 4.69) is 61.6 Å². The highest BCUT2D eigenvalue weighted by Gasteiger charge is 2.06. The Morgan fingerprint density at radius 2 is 2.22 bits per heavy atom. The summed E-state index contributed by atoms with van der Waals surface area (Å²) in [5.74, 6) is 0. The number of rotatable bonds is 7. The number of nitrogens with one attached hydrogen (secondary N) is 1. The van der Waals surface area contributed by atoms with E-state index in [-0.39, 0.29) is 0 Å². The van der Waals surface area contributed by atoms with Crippen LogP contribution in [0.5, 0.6) is 0 Å². The molecule has 0 amide bonds. The average Bonchev–Trinajstić information content (AvgIpc) is 2.33. The first-order chi connectivity index (χ1) is 8.52. The van der Waals surface area contributed by atoms with Crippen molar-refractivity contribution in [2.45, 2.75) is 40.3 Å². The molecule has 0 saturated carbocycles. The van der Waals surface area contributed by atoms with Gasteiger partial charge in [0.15, 0.2) is 0 Å². The lowest BCUT2D eigenvalue weighted by atomic mass is 10.2. The summed E-state index contributed by atoms with van der Waals surface area (Å²) in [6, 6.07) is 4.70. The molecule has 100 valence electrons. The normalized spacial score (nSPS) is 10.7. The van der Waals surface area contributed by atoms with Crippen LogP contribution in [0.3, 0.4) is 0 Å². The van der Waals surface area contributed by atoms with Crippen LogP contribution in [0.2, 0.25) is 0 Å². The van der Waals surface area contributed by atoms with Crippen LogP contribution in [0.15, 0.2) is 30.5 Å². The highest BCUT2D eigenvalue weighted by molar-refractivity contribution is 5.47. The van der Waals surface area contributed by atoms with Crippen molar-refractivity contribution in [3.63, 3.8) is 0 Å². The number of aromatic nitrogens is 1. The first-order valence-corrected chi connectivity index (χ1v) is 6.60. The first kappa shape index (κ1) is 14.7. The second-order valence-electron chi connectivity index (χ2n) is 5.01. The third-order valence-electron chi connectivity index (χ3n) is 2.70. The summed E-state index contributed by atoms with van der Waals surface area (Å²) in [5.41, 5.74) is 3.48. The molecule has 0 aliphatic carbocycles. The van der Waals surface area contributed by atoms with Crippen LogP contribution in [-0.2, 0) is 6.54 Å². The monoisotopic (exact) mass is 247 g/mol. The van der Waals surface area contributed by atoms with Gasteiger partial charge in [-0.25, -0.2) is 0 Å². The van der Waals surface area contributed by atoms with E-state index < -0.39 is 0 Å². The largest absolute Gasteiger partial charge is 0.368 e. The van der Waals surface area contributed by atoms with Crippen molar-refractivity contribution < 1.29 is 0 Å². The minimum Gasteiger partial charge on any atom is -0.368 e. The van der Waals surface area contributed by atoms with E-state index in [9.17, 15) is 0 Å². The number of pyridine rings is 1. The molecule has 0 aliphatic heterocycles. The molecule has 0 radical (unpaired) electrons. The van der Waals surface area contributed by atoms with Crippen molar-refractivity contribution in [3.05, 3.63) is 36.2 Å². The summed E-state index contributed by atoms with van der Waals surface area (Å²) in [4.78, 5) is 6.70. The summed E-state index contributed by atoms with van der Waals surface area (Å²) < 4.78 is 0. The van der Waals surface area contributed by atoms with Crippen LogP contribution in [0, 0.1) is 0 Å². The molecule has 1 heterocycles. The molecule has 0 spiro atoms. The molecule has 18 heavy (non-hydrogen) atoms. The van der Waals surface area contributed by atoms with Crippen molar-refractivity contribution in [3.8, 4) is 0 Å². The smallest absolute Gasteiger partial charge is 0.0562 e. The Bertz CT molecular complexity index is 385. The highest BCUT2D eigenvalue weighted by atomic mass is 15.1. The minimum absolute atomic E-state index is 0.480. The van der Waals surface area contributed by atoms with Gasteiger partial charge in [0, 0.05) is 37.6 Å². The van der Waals surface area contributed by atoms with E-state index in [1.807, 2.05) is 6.20 Å². The molecular weight excluding hydrogens is 222 g/mol. The van der Waals surface area contributed by atoms with Crippen molar-refractivity contribution >= 4 is 5.69 Å². The van der Waals surface area contributed by atoms with E-state index in [0.29, 0.717) is 6.04 Å². The summed E-state index contributed by atoms with van der Waals surface area (Å²) in [6.07, 6.45) is 1.88. The lowest BCUT2D eigenvalue weighted by molar-refractivity contribution is 0.581. The molecular formula is C15H25N3. The standard InChI is InChI=1S/C15H25N3/c1-6-18(11-12(2)3)15-7-8-16-14(9-15)10-17-13(4)5/h7-9,13,17H,2,6,10-11H2,1,3-5H3. The first-order valence-electron chi connectivity index (χ1n) is 6.60. The van der Waals surface area contributed by atoms with Gasteiger partial charge in [-0.05, 0) is 26.0 Å². The van der Waals surface area contributed by atoms with Crippen molar-refractivity contribution in [1.29, 1.82) is 0 Å². The van der Waals surface area contributed by atoms with Gasteiger partial charge in [0.05, 0.1) is 5.69 Å². The molecule has 1 aromatic rings. The fraction of sp³-hybridized carbons (Fsp3) is 0.533. The van der Waals surface area contributed by atoms with Gasteiger partial charge < -0.3 is 10.2 Å². The predicted molar refractivity (Wildman–Crippen MR) is 78.9 cm³/mol. The zero-order chi connectivity index (χ0) is 13.5. The lowest BCUT2D eigenvalue weighted by Crippen LogP contribution is -2.25. The Kier molecular flexibility index (Phi) is 5.86. The molecule has 0 fully saturated rings. The van der Waals surface area contributed by atoms with Gasteiger partial charge >= 0.3 is 0 Å². The Labute approximate surface area is 111 Å². The second kappa shape index (κ2) is 7.17. The molecule has 0 aliphatic rings. The van der Waals surface area contributed by atoms with Crippen LogP contribution < -0.4 is 10.2 Å². The third kappa shape index (κ3) is 4.88. The summed E-state index contributed by atoms with van der Waals surface area (Å²) >= 11 is 0. The van der Waals surface area contributed by atoms with E-state index in [1.54, 1.807) is 0 Å². The number of nitrogens with zero attached hydrogens (tertiary/aromatic N) is 2. The summed E-state index contributed by atoms with van der Waals surface area (Å²) in [6.45, 7) is 15.2. The highest BCUT2D eigenvalue weighted by Crippen LogP contribution is 2.15. The van der Waals surface area contributed by atoms with Gasteiger partial charge in [0.2, 0.25) is 0 Å². The molecule has 1 N–H and O–H groups in total. The van der Waals surface area contributed by atoms with Crippen LogP contribution in [0.1, 0.15) is 33.4 Å². The zero-order valence-corrected chi connectivity index (χ0v) is 12.0. The molecule has 0 atom stereocenters. The van der Waals surface area contributed by atoms with Gasteiger partial charge in [-0.2, -0.15) is 0 Å². The van der Waals surface area contributed by atoms with Crippen LogP contribution >= 0.6 is 0 Å². The molecule has 0 unspecified atom stereocenters. The van der Waals surface area contributed by atoms with Crippen LogP contribution in [0.4, 0.5) is 5.69 Å². The van der Waals surface area contributed by atoms with Crippen LogP contribution in [-0.4, -0.2) is 24.1 Å². The topological polar surface area (TPSA) is 28.2 Å². The molecule has 3 heteroatoms. The van der Waals surface area contributed by atoms with Gasteiger partial charge in [0.1, 0.15) is 0 Å². The SMILES string of the molecule is C=C(C)CN(CC)c1ccnc(CNC(C)C)c1. The molecule has 1 rings (SSSR count). The molecule has 3 nitrogen and oxygen atoms in total. The number of likely N-dealkylation sites (N-methyl/N-ethyl adjacent to an activating group) is 1. The fourth-order valence-electron chi connectivity index (χ4n) is 1.78. The quantitative estimate of drug-likeness (QED) is 0.751.